The van der Waals surface area contributed by atoms with Crippen LogP contribution in [0.1, 0.15) is 93.7 Å². The smallest absolute Gasteiger partial charge is 0.384 e. The van der Waals surface area contributed by atoms with Gasteiger partial charge in [-0.2, -0.15) is 18.2 Å². The number of benzene rings is 2. The highest BCUT2D eigenvalue weighted by atomic mass is 32.2. The number of unbranched alkanes of at least 4 members (excludes halogenated alkanes) is 5. The molecule has 2 aliphatic rings. The fourth-order valence-electron chi connectivity index (χ4n) is 7.37. The molecular formula is C43H46F3N13O5S. The van der Waals surface area contributed by atoms with Crippen LogP contribution in [0.4, 0.5) is 47.8 Å². The number of alkyl halides is 3. The maximum absolute atomic E-state index is 13.9. The van der Waals surface area contributed by atoms with Gasteiger partial charge < -0.3 is 25.6 Å². The minimum absolute atomic E-state index is 0.0341. The number of halogens is 3. The molecule has 2 aliphatic heterocycles. The Kier molecular flexibility index (Phi) is 14.6. The number of hydrogen-bond donors (Lipinski definition) is 5. The second kappa shape index (κ2) is 20.6. The molecule has 1 unspecified atom stereocenters. The number of aromatic nitrogens is 6. The third-order valence-corrected chi connectivity index (χ3v) is 11.5. The summed E-state index contributed by atoms with van der Waals surface area (Å²) < 4.78 is 45.1. The van der Waals surface area contributed by atoms with Crippen molar-refractivity contribution >= 4 is 76.1 Å². The number of piperidine rings is 1. The number of rotatable bonds is 20. The van der Waals surface area contributed by atoms with Crippen LogP contribution in [0.3, 0.4) is 0 Å². The molecular weight excluding hydrogens is 868 g/mol. The number of amides is 5. The highest BCUT2D eigenvalue weighted by Gasteiger charge is 2.45. The fraction of sp³-hybridized carbons (Fsp3) is 0.349. The van der Waals surface area contributed by atoms with Crippen molar-refractivity contribution in [3.63, 3.8) is 0 Å². The highest BCUT2D eigenvalue weighted by molar-refractivity contribution is 7.99. The molecule has 5 N–H and O–H groups in total. The first-order chi connectivity index (χ1) is 31.3. The molecule has 1 fully saturated rings. The average Bonchev–Trinajstić information content (AvgIpc) is 3.87. The average molecular weight is 914 g/mol. The summed E-state index contributed by atoms with van der Waals surface area (Å²) in [5.41, 5.74) is 1.74. The van der Waals surface area contributed by atoms with E-state index in [2.05, 4.69) is 51.8 Å². The second-order valence-electron chi connectivity index (χ2n) is 15.2. The highest BCUT2D eigenvalue weighted by Crippen LogP contribution is 2.35. The SMILES string of the molecule is CSN(C)c1ncccc1CNc1nc(Nc2ccc(NC(=O)c3cn(CCCCCCCCNc4cccc5c4C(=O)N(C4CCC(=O)NC4=O)C5=O)nn3)cc2)ncc1C(F)(F)F. The van der Waals surface area contributed by atoms with Gasteiger partial charge >= 0.3 is 6.18 Å². The first kappa shape index (κ1) is 45.9. The Bertz CT molecular complexity index is 2560. The van der Waals surface area contributed by atoms with E-state index >= 15 is 0 Å². The van der Waals surface area contributed by atoms with Crippen molar-refractivity contribution in [2.75, 3.05) is 45.4 Å². The van der Waals surface area contributed by atoms with Gasteiger partial charge in [0.1, 0.15) is 23.2 Å². The molecule has 0 bridgehead atoms. The van der Waals surface area contributed by atoms with Crippen molar-refractivity contribution in [1.82, 2.24) is 40.2 Å². The number of nitrogens with zero attached hydrogens (tertiary/aromatic N) is 8. The Labute approximate surface area is 375 Å². The summed E-state index contributed by atoms with van der Waals surface area (Å²) in [5.74, 6) is -2.47. The summed E-state index contributed by atoms with van der Waals surface area (Å²) in [7, 11) is 1.81. The zero-order valence-electron chi connectivity index (χ0n) is 35.4. The van der Waals surface area contributed by atoms with E-state index in [1.54, 1.807) is 76.0 Å². The monoisotopic (exact) mass is 913 g/mol. The lowest BCUT2D eigenvalue weighted by Crippen LogP contribution is -2.54. The van der Waals surface area contributed by atoms with Gasteiger partial charge in [0, 0.05) is 74.4 Å². The third-order valence-electron chi connectivity index (χ3n) is 10.7. The number of hydrogen-bond acceptors (Lipinski definition) is 15. The van der Waals surface area contributed by atoms with Gasteiger partial charge in [0.25, 0.3) is 17.7 Å². The summed E-state index contributed by atoms with van der Waals surface area (Å²) in [5, 5.41) is 22.1. The normalized spacial score (nSPS) is 14.8. The number of carbonyl (C=O) groups excluding carboxylic acids is 5. The summed E-state index contributed by atoms with van der Waals surface area (Å²) in [6.07, 6.45) is 6.72. The van der Waals surface area contributed by atoms with E-state index in [0.717, 1.165) is 49.6 Å². The van der Waals surface area contributed by atoms with Gasteiger partial charge in [0.05, 0.1) is 17.3 Å². The lowest BCUT2D eigenvalue weighted by atomic mass is 10.0. The number of fused-ring (bicyclic) bond motifs is 1. The number of pyridine rings is 1. The molecule has 0 spiro atoms. The van der Waals surface area contributed by atoms with Crippen LogP contribution in [-0.4, -0.2) is 90.3 Å². The summed E-state index contributed by atoms with van der Waals surface area (Å²) in [6.45, 7) is 1.20. The Morgan fingerprint density at radius 2 is 1.68 bits per heavy atom. The molecule has 65 heavy (non-hydrogen) atoms. The lowest BCUT2D eigenvalue weighted by molar-refractivity contribution is -0.138. The maximum Gasteiger partial charge on any atom is 0.421 e. The first-order valence-corrected chi connectivity index (χ1v) is 22.1. The summed E-state index contributed by atoms with van der Waals surface area (Å²) in [6, 6.07) is 13.9. The number of nitrogens with one attached hydrogen (secondary N) is 5. The Hall–Kier alpha value is -7.10. The molecule has 0 aliphatic carbocycles. The molecule has 18 nitrogen and oxygen atoms in total. The first-order valence-electron chi connectivity index (χ1n) is 20.9. The second-order valence-corrected chi connectivity index (χ2v) is 16.1. The minimum atomic E-state index is -4.70. The third kappa shape index (κ3) is 11.2. The molecule has 1 saturated heterocycles. The van der Waals surface area contributed by atoms with Crippen molar-refractivity contribution in [3.8, 4) is 0 Å². The van der Waals surface area contributed by atoms with E-state index in [1.165, 1.54) is 11.9 Å². The molecule has 0 saturated carbocycles. The largest absolute Gasteiger partial charge is 0.421 e. The minimum Gasteiger partial charge on any atom is -0.384 e. The predicted octanol–water partition coefficient (Wildman–Crippen LogP) is 6.66. The van der Waals surface area contributed by atoms with E-state index in [0.29, 0.717) is 41.5 Å². The van der Waals surface area contributed by atoms with Gasteiger partial charge in [-0.3, -0.25) is 38.9 Å². The maximum atomic E-state index is 13.9. The van der Waals surface area contributed by atoms with Crippen molar-refractivity contribution in [1.29, 1.82) is 0 Å². The van der Waals surface area contributed by atoms with E-state index in [1.807, 2.05) is 13.3 Å². The predicted molar refractivity (Wildman–Crippen MR) is 238 cm³/mol. The fourth-order valence-corrected chi connectivity index (χ4v) is 7.70. The Morgan fingerprint density at radius 1 is 0.923 bits per heavy atom. The van der Waals surface area contributed by atoms with E-state index in [4.69, 9.17) is 0 Å². The van der Waals surface area contributed by atoms with Gasteiger partial charge in [0.15, 0.2) is 5.69 Å². The molecule has 3 aromatic heterocycles. The van der Waals surface area contributed by atoms with Crippen LogP contribution >= 0.6 is 11.9 Å². The van der Waals surface area contributed by atoms with Crippen molar-refractivity contribution < 1.29 is 37.1 Å². The number of imide groups is 2. The van der Waals surface area contributed by atoms with Gasteiger partial charge in [-0.05, 0) is 61.7 Å². The number of aryl methyl sites for hydroxylation is 1. The quantitative estimate of drug-likeness (QED) is 0.0313. The Morgan fingerprint density at radius 3 is 2.43 bits per heavy atom. The van der Waals surface area contributed by atoms with Gasteiger partial charge in [-0.1, -0.05) is 55.0 Å². The zero-order valence-corrected chi connectivity index (χ0v) is 36.3. The lowest BCUT2D eigenvalue weighted by Gasteiger charge is -2.27. The molecule has 0 radical (unpaired) electrons. The van der Waals surface area contributed by atoms with Crippen LogP contribution in [0.15, 0.2) is 73.2 Å². The van der Waals surface area contributed by atoms with Crippen molar-refractivity contribution in [3.05, 3.63) is 101 Å². The van der Waals surface area contributed by atoms with Crippen LogP contribution in [0, 0.1) is 0 Å². The molecule has 22 heteroatoms. The summed E-state index contributed by atoms with van der Waals surface area (Å²) in [4.78, 5) is 76.6. The molecule has 5 aromatic rings. The van der Waals surface area contributed by atoms with Gasteiger partial charge in [0.2, 0.25) is 17.8 Å². The van der Waals surface area contributed by atoms with Gasteiger partial charge in [-0.15, -0.1) is 5.10 Å². The van der Waals surface area contributed by atoms with Gasteiger partial charge in [-0.25, -0.2) is 9.97 Å². The summed E-state index contributed by atoms with van der Waals surface area (Å²) >= 11 is 1.41. The molecule has 5 amide bonds. The van der Waals surface area contributed by atoms with Crippen LogP contribution in [0.2, 0.25) is 0 Å². The number of carbonyl (C=O) groups is 5. The molecule has 5 heterocycles. The van der Waals surface area contributed by atoms with Crippen molar-refractivity contribution in [2.45, 2.75) is 76.7 Å². The molecule has 340 valence electrons. The molecule has 2 aromatic carbocycles. The standard InChI is InChI=1S/C43H46F3N13O5S/c1-57(65-2)37-26(11-10-21-48-37)23-49-36-30(43(44,45)46)24-50-42(54-36)52-28-16-14-27(15-17-28)51-38(61)32-25-58(56-55-32)22-8-6-4-3-5-7-20-47-31-13-9-12-29-35(31)41(64)59(40(29)63)33-18-19-34(60)53-39(33)62/h9-17,21,24-25,33,47H,3-8,18-20,22-23H2,1-2H3,(H,51,61)(H,53,60,62)(H2,49,50,52,54). The van der Waals surface area contributed by atoms with Crippen molar-refractivity contribution in [2.24, 2.45) is 0 Å². The Balaban J connectivity index is 0.813. The van der Waals surface area contributed by atoms with E-state index in [-0.39, 0.29) is 42.2 Å². The van der Waals surface area contributed by atoms with E-state index < -0.39 is 53.1 Å². The topological polar surface area (TPSA) is 221 Å². The van der Waals surface area contributed by atoms with Crippen LogP contribution in [0.5, 0.6) is 0 Å². The van der Waals surface area contributed by atoms with Crippen LogP contribution < -0.4 is 30.9 Å². The van der Waals surface area contributed by atoms with Crippen LogP contribution in [-0.2, 0) is 28.9 Å². The molecule has 1 atom stereocenters. The zero-order chi connectivity index (χ0) is 46.1. The number of anilines is 6. The van der Waals surface area contributed by atoms with E-state index in [9.17, 15) is 37.1 Å². The molecule has 7 rings (SSSR count). The van der Waals surface area contributed by atoms with Crippen LogP contribution in [0.25, 0.3) is 0 Å².